The Kier molecular flexibility index (Phi) is 3.03. The van der Waals surface area contributed by atoms with E-state index in [0.29, 0.717) is 0 Å². The van der Waals surface area contributed by atoms with Crippen molar-refractivity contribution < 1.29 is 18.3 Å². The smallest absolute Gasteiger partial charge is 0.387 e. The van der Waals surface area contributed by atoms with Gasteiger partial charge in [0.1, 0.15) is 5.75 Å². The van der Waals surface area contributed by atoms with E-state index < -0.39 is 6.61 Å². The Morgan fingerprint density at radius 1 is 1.38 bits per heavy atom. The second-order valence-corrected chi connectivity index (χ2v) is 3.62. The number of hydrogen-bond acceptors (Lipinski definition) is 2. The highest BCUT2D eigenvalue weighted by Crippen LogP contribution is 2.23. The molecule has 1 aliphatic carbocycles. The maximum Gasteiger partial charge on any atom is 0.387 e. The number of para-hydroxylation sites is 1. The zero-order valence-corrected chi connectivity index (χ0v) is 8.45. The zero-order chi connectivity index (χ0) is 11.5. The van der Waals surface area contributed by atoms with Crippen LogP contribution in [0.1, 0.15) is 23.2 Å². The van der Waals surface area contributed by atoms with Crippen molar-refractivity contribution in [1.82, 2.24) is 5.32 Å². The van der Waals surface area contributed by atoms with Crippen LogP contribution in [0.25, 0.3) is 0 Å². The van der Waals surface area contributed by atoms with Gasteiger partial charge in [-0.3, -0.25) is 4.79 Å². The molecule has 16 heavy (non-hydrogen) atoms. The molecule has 0 heterocycles. The SMILES string of the molecule is O=C(NC1CC1)c1ccccc1OC(F)F. The van der Waals surface area contributed by atoms with E-state index in [-0.39, 0.29) is 23.3 Å². The molecule has 0 spiro atoms. The molecule has 1 N–H and O–H groups in total. The summed E-state index contributed by atoms with van der Waals surface area (Å²) in [5.74, 6) is -0.450. The van der Waals surface area contributed by atoms with Crippen LogP contribution in [0.15, 0.2) is 24.3 Å². The average Bonchev–Trinajstić information content (AvgIpc) is 3.01. The van der Waals surface area contributed by atoms with Gasteiger partial charge < -0.3 is 10.1 Å². The number of nitrogens with one attached hydrogen (secondary N) is 1. The van der Waals surface area contributed by atoms with Gasteiger partial charge in [-0.15, -0.1) is 0 Å². The predicted molar refractivity (Wildman–Crippen MR) is 53.6 cm³/mol. The van der Waals surface area contributed by atoms with Gasteiger partial charge in [-0.2, -0.15) is 8.78 Å². The molecule has 0 saturated heterocycles. The quantitative estimate of drug-likeness (QED) is 0.856. The van der Waals surface area contributed by atoms with Crippen molar-refractivity contribution in [1.29, 1.82) is 0 Å². The second kappa shape index (κ2) is 4.47. The van der Waals surface area contributed by atoms with E-state index in [0.717, 1.165) is 12.8 Å². The van der Waals surface area contributed by atoms with Gasteiger partial charge in [0.15, 0.2) is 0 Å². The van der Waals surface area contributed by atoms with E-state index in [1.165, 1.54) is 12.1 Å². The molecule has 3 nitrogen and oxygen atoms in total. The van der Waals surface area contributed by atoms with E-state index in [1.54, 1.807) is 12.1 Å². The standard InChI is InChI=1S/C11H11F2NO2/c12-11(13)16-9-4-2-1-3-8(9)10(15)14-7-5-6-7/h1-4,7,11H,5-6H2,(H,14,15). The van der Waals surface area contributed by atoms with Crippen LogP contribution in [-0.4, -0.2) is 18.6 Å². The summed E-state index contributed by atoms with van der Waals surface area (Å²) in [5.41, 5.74) is 0.148. The van der Waals surface area contributed by atoms with E-state index in [9.17, 15) is 13.6 Å². The van der Waals surface area contributed by atoms with Crippen molar-refractivity contribution >= 4 is 5.91 Å². The number of benzene rings is 1. The van der Waals surface area contributed by atoms with Crippen LogP contribution in [0.2, 0.25) is 0 Å². The molecule has 1 saturated carbocycles. The fourth-order valence-electron chi connectivity index (χ4n) is 1.34. The summed E-state index contributed by atoms with van der Waals surface area (Å²) in [4.78, 5) is 11.7. The van der Waals surface area contributed by atoms with Crippen molar-refractivity contribution in [3.05, 3.63) is 29.8 Å². The lowest BCUT2D eigenvalue weighted by atomic mass is 10.2. The minimum absolute atomic E-state index is 0.0874. The molecule has 0 atom stereocenters. The highest BCUT2D eigenvalue weighted by Gasteiger charge is 2.25. The van der Waals surface area contributed by atoms with Crippen LogP contribution in [0, 0.1) is 0 Å². The first-order chi connectivity index (χ1) is 7.66. The van der Waals surface area contributed by atoms with Crippen molar-refractivity contribution in [3.63, 3.8) is 0 Å². The van der Waals surface area contributed by atoms with E-state index in [1.807, 2.05) is 0 Å². The van der Waals surface area contributed by atoms with Gasteiger partial charge in [-0.25, -0.2) is 0 Å². The highest BCUT2D eigenvalue weighted by atomic mass is 19.3. The summed E-state index contributed by atoms with van der Waals surface area (Å²) in [6.45, 7) is -2.92. The number of ether oxygens (including phenoxy) is 1. The molecule has 1 fully saturated rings. The minimum Gasteiger partial charge on any atom is -0.434 e. The molecule has 0 bridgehead atoms. The Bertz CT molecular complexity index is 391. The van der Waals surface area contributed by atoms with Gasteiger partial charge in [0.05, 0.1) is 5.56 Å². The Morgan fingerprint density at radius 3 is 2.69 bits per heavy atom. The topological polar surface area (TPSA) is 38.3 Å². The summed E-state index contributed by atoms with van der Waals surface area (Å²) in [6.07, 6.45) is 1.90. The maximum atomic E-state index is 12.1. The second-order valence-electron chi connectivity index (χ2n) is 3.62. The third-order valence-electron chi connectivity index (χ3n) is 2.26. The maximum absolute atomic E-state index is 12.1. The van der Waals surface area contributed by atoms with E-state index >= 15 is 0 Å². The predicted octanol–water partition coefficient (Wildman–Crippen LogP) is 2.18. The van der Waals surface area contributed by atoms with Gasteiger partial charge in [0.25, 0.3) is 5.91 Å². The normalized spacial score (nSPS) is 14.9. The monoisotopic (exact) mass is 227 g/mol. The average molecular weight is 227 g/mol. The Balaban J connectivity index is 2.13. The number of carbonyl (C=O) groups is 1. The molecule has 1 amide bonds. The van der Waals surface area contributed by atoms with Crippen molar-refractivity contribution in [2.24, 2.45) is 0 Å². The van der Waals surface area contributed by atoms with Crippen LogP contribution in [0.3, 0.4) is 0 Å². The molecule has 0 unspecified atom stereocenters. The zero-order valence-electron chi connectivity index (χ0n) is 8.45. The number of alkyl halides is 2. The van der Waals surface area contributed by atoms with Gasteiger partial charge >= 0.3 is 6.61 Å². The van der Waals surface area contributed by atoms with E-state index in [2.05, 4.69) is 10.1 Å². The molecule has 0 aliphatic heterocycles. The van der Waals surface area contributed by atoms with Crippen LogP contribution >= 0.6 is 0 Å². The molecule has 1 aromatic carbocycles. The Labute approximate surface area is 91.4 Å². The minimum atomic E-state index is -2.92. The lowest BCUT2D eigenvalue weighted by molar-refractivity contribution is -0.0501. The summed E-state index contributed by atoms with van der Waals surface area (Å²) in [5, 5.41) is 2.72. The Hall–Kier alpha value is -1.65. The van der Waals surface area contributed by atoms with Gasteiger partial charge in [0, 0.05) is 6.04 Å². The number of carbonyl (C=O) groups excluding carboxylic acids is 1. The fraction of sp³-hybridized carbons (Fsp3) is 0.364. The van der Waals surface area contributed by atoms with Crippen LogP contribution in [0.4, 0.5) is 8.78 Å². The molecule has 86 valence electrons. The molecule has 0 radical (unpaired) electrons. The van der Waals surface area contributed by atoms with Crippen molar-refractivity contribution in [2.45, 2.75) is 25.5 Å². The number of hydrogen-bond donors (Lipinski definition) is 1. The largest absolute Gasteiger partial charge is 0.434 e. The molecule has 5 heteroatoms. The van der Waals surface area contributed by atoms with Crippen LogP contribution < -0.4 is 10.1 Å². The number of amides is 1. The van der Waals surface area contributed by atoms with Gasteiger partial charge in [-0.05, 0) is 25.0 Å². The third kappa shape index (κ3) is 2.68. The van der Waals surface area contributed by atoms with Gasteiger partial charge in [0.2, 0.25) is 0 Å². The lowest BCUT2D eigenvalue weighted by Crippen LogP contribution is -2.26. The van der Waals surface area contributed by atoms with E-state index in [4.69, 9.17) is 0 Å². The first-order valence-electron chi connectivity index (χ1n) is 5.01. The molecular weight excluding hydrogens is 216 g/mol. The molecule has 2 rings (SSSR count). The molecular formula is C11H11F2NO2. The van der Waals surface area contributed by atoms with Gasteiger partial charge in [-0.1, -0.05) is 12.1 Å². The first kappa shape index (κ1) is 10.9. The summed E-state index contributed by atoms with van der Waals surface area (Å²) in [7, 11) is 0. The summed E-state index contributed by atoms with van der Waals surface area (Å²) >= 11 is 0. The summed E-state index contributed by atoms with van der Waals surface area (Å²) < 4.78 is 28.4. The Morgan fingerprint density at radius 2 is 2.06 bits per heavy atom. The van der Waals surface area contributed by atoms with Crippen LogP contribution in [0.5, 0.6) is 5.75 Å². The van der Waals surface area contributed by atoms with Crippen LogP contribution in [-0.2, 0) is 0 Å². The fourth-order valence-corrected chi connectivity index (χ4v) is 1.34. The highest BCUT2D eigenvalue weighted by molar-refractivity contribution is 5.97. The third-order valence-corrected chi connectivity index (χ3v) is 2.26. The molecule has 0 aromatic heterocycles. The lowest BCUT2D eigenvalue weighted by Gasteiger charge is -2.10. The van der Waals surface area contributed by atoms with Crippen molar-refractivity contribution in [2.75, 3.05) is 0 Å². The van der Waals surface area contributed by atoms with Crippen molar-refractivity contribution in [3.8, 4) is 5.75 Å². The molecule has 1 aliphatic rings. The number of rotatable bonds is 4. The first-order valence-corrected chi connectivity index (χ1v) is 5.01. The molecule has 1 aromatic rings. The number of halogens is 2. The summed E-state index contributed by atoms with van der Waals surface area (Å²) in [6, 6.07) is 6.17.